The van der Waals surface area contributed by atoms with E-state index in [0.29, 0.717) is 16.4 Å². The van der Waals surface area contributed by atoms with Gasteiger partial charge in [0.1, 0.15) is 5.82 Å². The van der Waals surface area contributed by atoms with Crippen molar-refractivity contribution in [2.45, 2.75) is 52.0 Å². The van der Waals surface area contributed by atoms with Gasteiger partial charge in [0.05, 0.1) is 4.47 Å². The zero-order chi connectivity index (χ0) is 14.5. The molecule has 0 saturated heterocycles. The fraction of sp³-hybridized carbons (Fsp3) is 0.647. The van der Waals surface area contributed by atoms with E-state index in [1.165, 1.54) is 37.7 Å². The van der Waals surface area contributed by atoms with E-state index < -0.39 is 0 Å². The summed E-state index contributed by atoms with van der Waals surface area (Å²) < 4.78 is 14.0. The predicted octanol–water partition coefficient (Wildman–Crippen LogP) is 5.46. The van der Waals surface area contributed by atoms with Crippen LogP contribution in [0.4, 0.5) is 4.39 Å². The van der Waals surface area contributed by atoms with E-state index in [1.807, 2.05) is 12.1 Å². The van der Waals surface area contributed by atoms with Gasteiger partial charge in [0.25, 0.3) is 0 Å². The molecule has 1 aromatic rings. The monoisotopic (exact) mass is 341 g/mol. The van der Waals surface area contributed by atoms with Gasteiger partial charge in [-0.15, -0.1) is 0 Å². The highest BCUT2D eigenvalue weighted by Crippen LogP contribution is 2.39. The van der Waals surface area contributed by atoms with Crippen LogP contribution in [0.5, 0.6) is 0 Å². The van der Waals surface area contributed by atoms with Crippen LogP contribution in [0.2, 0.25) is 0 Å². The summed E-state index contributed by atoms with van der Waals surface area (Å²) in [6.07, 6.45) is 6.56. The molecule has 0 heterocycles. The highest BCUT2D eigenvalue weighted by molar-refractivity contribution is 9.10. The Hall–Kier alpha value is -0.410. The van der Waals surface area contributed by atoms with Crippen LogP contribution >= 0.6 is 15.9 Å². The average molecular weight is 342 g/mol. The molecule has 0 radical (unpaired) electrons. The molecule has 1 N–H and O–H groups in total. The van der Waals surface area contributed by atoms with Crippen LogP contribution in [-0.4, -0.2) is 6.54 Å². The molecule has 0 amide bonds. The van der Waals surface area contributed by atoms with Crippen LogP contribution in [0.25, 0.3) is 0 Å². The number of nitrogens with one attached hydrogen (secondary N) is 1. The molecule has 20 heavy (non-hydrogen) atoms. The first-order valence-corrected chi connectivity index (χ1v) is 8.63. The Morgan fingerprint density at radius 2 is 2.15 bits per heavy atom. The fourth-order valence-corrected chi connectivity index (χ4v) is 3.89. The molecule has 2 rings (SSSR count). The maximum atomic E-state index is 13.4. The van der Waals surface area contributed by atoms with Gasteiger partial charge in [-0.3, -0.25) is 0 Å². The molecule has 1 saturated carbocycles. The number of halogens is 2. The maximum absolute atomic E-state index is 13.4. The molecule has 0 aromatic heterocycles. The second-order valence-corrected chi connectivity index (χ2v) is 6.76. The summed E-state index contributed by atoms with van der Waals surface area (Å²) >= 11 is 3.31. The van der Waals surface area contributed by atoms with Crippen molar-refractivity contribution < 1.29 is 4.39 Å². The van der Waals surface area contributed by atoms with Gasteiger partial charge in [-0.1, -0.05) is 39.2 Å². The van der Waals surface area contributed by atoms with Crippen LogP contribution in [0.3, 0.4) is 0 Å². The third-order valence-electron chi connectivity index (χ3n) is 4.60. The van der Waals surface area contributed by atoms with Crippen molar-refractivity contribution in [2.75, 3.05) is 6.54 Å². The lowest BCUT2D eigenvalue weighted by atomic mass is 9.75. The highest BCUT2D eigenvalue weighted by atomic mass is 79.9. The van der Waals surface area contributed by atoms with Gasteiger partial charge < -0.3 is 5.32 Å². The van der Waals surface area contributed by atoms with E-state index in [0.717, 1.165) is 12.5 Å². The van der Waals surface area contributed by atoms with Crippen molar-refractivity contribution in [1.29, 1.82) is 0 Å². The van der Waals surface area contributed by atoms with E-state index in [-0.39, 0.29) is 5.82 Å². The second kappa shape index (κ2) is 7.56. The largest absolute Gasteiger partial charge is 0.310 e. The van der Waals surface area contributed by atoms with Crippen molar-refractivity contribution in [2.24, 2.45) is 11.8 Å². The Bertz CT molecular complexity index is 435. The van der Waals surface area contributed by atoms with E-state index in [4.69, 9.17) is 0 Å². The minimum Gasteiger partial charge on any atom is -0.310 e. The molecule has 0 spiro atoms. The maximum Gasteiger partial charge on any atom is 0.137 e. The fourth-order valence-electron chi connectivity index (χ4n) is 3.49. The minimum atomic E-state index is -0.181. The third-order valence-corrected chi connectivity index (χ3v) is 5.21. The summed E-state index contributed by atoms with van der Waals surface area (Å²) in [5, 5.41) is 3.62. The molecule has 0 aliphatic heterocycles. The number of hydrogen-bond donors (Lipinski definition) is 1. The zero-order valence-corrected chi connectivity index (χ0v) is 14.0. The van der Waals surface area contributed by atoms with Gasteiger partial charge in [-0.2, -0.15) is 0 Å². The second-order valence-electron chi connectivity index (χ2n) is 5.91. The summed E-state index contributed by atoms with van der Waals surface area (Å²) in [7, 11) is 0. The first kappa shape index (κ1) is 16.0. The normalized spacial score (nSPS) is 24.6. The van der Waals surface area contributed by atoms with Gasteiger partial charge in [0.2, 0.25) is 0 Å². The third kappa shape index (κ3) is 3.82. The number of rotatable bonds is 5. The van der Waals surface area contributed by atoms with Gasteiger partial charge in [0.15, 0.2) is 0 Å². The van der Waals surface area contributed by atoms with Gasteiger partial charge in [-0.25, -0.2) is 4.39 Å². The number of benzene rings is 1. The van der Waals surface area contributed by atoms with Crippen molar-refractivity contribution >= 4 is 15.9 Å². The molecule has 1 aromatic carbocycles. The summed E-state index contributed by atoms with van der Waals surface area (Å²) in [4.78, 5) is 0. The molecule has 1 aliphatic carbocycles. The average Bonchev–Trinajstić information content (AvgIpc) is 2.48. The molecular weight excluding hydrogens is 317 g/mol. The molecule has 112 valence electrons. The molecule has 3 atom stereocenters. The lowest BCUT2D eigenvalue weighted by Gasteiger charge is -2.35. The van der Waals surface area contributed by atoms with Gasteiger partial charge in [-0.05, 0) is 64.8 Å². The lowest BCUT2D eigenvalue weighted by molar-refractivity contribution is 0.210. The smallest absolute Gasteiger partial charge is 0.137 e. The lowest BCUT2D eigenvalue weighted by Crippen LogP contribution is -2.31. The van der Waals surface area contributed by atoms with Crippen LogP contribution < -0.4 is 5.32 Å². The van der Waals surface area contributed by atoms with E-state index in [1.54, 1.807) is 6.07 Å². The molecule has 1 fully saturated rings. The topological polar surface area (TPSA) is 12.0 Å². The van der Waals surface area contributed by atoms with E-state index in [9.17, 15) is 4.39 Å². The molecular formula is C17H25BrFN. The Balaban J connectivity index is 2.18. The molecule has 3 unspecified atom stereocenters. The van der Waals surface area contributed by atoms with Crippen molar-refractivity contribution in [3.63, 3.8) is 0 Å². The van der Waals surface area contributed by atoms with Gasteiger partial charge in [0, 0.05) is 6.04 Å². The standard InChI is InChI=1S/C17H25BrFN/c1-3-12-6-5-7-13(10-12)17(20-4-2)14-8-9-16(19)15(18)11-14/h8-9,11-13,17,20H,3-7,10H2,1-2H3. The summed E-state index contributed by atoms with van der Waals surface area (Å²) in [5.74, 6) is 1.35. The quantitative estimate of drug-likeness (QED) is 0.750. The van der Waals surface area contributed by atoms with Crippen molar-refractivity contribution in [3.8, 4) is 0 Å². The van der Waals surface area contributed by atoms with E-state index in [2.05, 4.69) is 35.1 Å². The molecule has 1 aliphatic rings. The zero-order valence-electron chi connectivity index (χ0n) is 12.5. The van der Waals surface area contributed by atoms with Crippen LogP contribution in [0.15, 0.2) is 22.7 Å². The van der Waals surface area contributed by atoms with Crippen LogP contribution in [0, 0.1) is 17.7 Å². The van der Waals surface area contributed by atoms with Crippen LogP contribution in [-0.2, 0) is 0 Å². The molecule has 3 heteroatoms. The first-order valence-electron chi connectivity index (χ1n) is 7.84. The number of hydrogen-bond acceptors (Lipinski definition) is 1. The highest BCUT2D eigenvalue weighted by Gasteiger charge is 2.28. The molecule has 0 bridgehead atoms. The first-order chi connectivity index (χ1) is 9.65. The van der Waals surface area contributed by atoms with E-state index >= 15 is 0 Å². The summed E-state index contributed by atoms with van der Waals surface area (Å²) in [6, 6.07) is 5.80. The minimum absolute atomic E-state index is 0.181. The Labute approximate surface area is 130 Å². The Kier molecular flexibility index (Phi) is 6.03. The Morgan fingerprint density at radius 1 is 1.35 bits per heavy atom. The Morgan fingerprint density at radius 3 is 2.80 bits per heavy atom. The predicted molar refractivity (Wildman–Crippen MR) is 86.3 cm³/mol. The SMILES string of the molecule is CCNC(c1ccc(F)c(Br)c1)C1CCCC(CC)C1. The summed E-state index contributed by atoms with van der Waals surface area (Å²) in [6.45, 7) is 5.39. The van der Waals surface area contributed by atoms with Crippen LogP contribution in [0.1, 0.15) is 57.6 Å². The summed E-state index contributed by atoms with van der Waals surface area (Å²) in [5.41, 5.74) is 1.21. The van der Waals surface area contributed by atoms with Gasteiger partial charge >= 0.3 is 0 Å². The molecule has 1 nitrogen and oxygen atoms in total. The van der Waals surface area contributed by atoms with Crippen molar-refractivity contribution in [3.05, 3.63) is 34.1 Å². The van der Waals surface area contributed by atoms with Crippen molar-refractivity contribution in [1.82, 2.24) is 5.32 Å².